The second kappa shape index (κ2) is 6.77. The lowest BCUT2D eigenvalue weighted by Gasteiger charge is -2.41. The molecule has 2 aliphatic rings. The van der Waals surface area contributed by atoms with E-state index in [2.05, 4.69) is 30.0 Å². The molecule has 1 aliphatic heterocycles. The fourth-order valence-electron chi connectivity index (χ4n) is 3.41. The van der Waals surface area contributed by atoms with Crippen molar-refractivity contribution >= 4 is 11.8 Å². The Morgan fingerprint density at radius 1 is 1.20 bits per heavy atom. The summed E-state index contributed by atoms with van der Waals surface area (Å²) in [5.74, 6) is 1.66. The van der Waals surface area contributed by atoms with Crippen molar-refractivity contribution in [2.24, 2.45) is 0 Å². The van der Waals surface area contributed by atoms with Gasteiger partial charge in [0.25, 0.3) is 0 Å². The molecule has 1 amide bonds. The highest BCUT2D eigenvalue weighted by Crippen LogP contribution is 2.45. The van der Waals surface area contributed by atoms with Crippen LogP contribution in [0.15, 0.2) is 18.2 Å². The number of hydrogen-bond donors (Lipinski definition) is 0. The van der Waals surface area contributed by atoms with E-state index >= 15 is 0 Å². The summed E-state index contributed by atoms with van der Waals surface area (Å²) < 4.78 is 11.1. The Morgan fingerprint density at radius 3 is 2.48 bits per heavy atom. The molecule has 1 aliphatic carbocycles. The highest BCUT2D eigenvalue weighted by Gasteiger charge is 2.32. The third kappa shape index (κ3) is 4.20. The van der Waals surface area contributed by atoms with Gasteiger partial charge in [0.05, 0.1) is 7.11 Å². The van der Waals surface area contributed by atoms with Crippen molar-refractivity contribution in [1.29, 1.82) is 0 Å². The van der Waals surface area contributed by atoms with E-state index in [1.165, 1.54) is 18.4 Å². The minimum atomic E-state index is -0.458. The first-order valence-electron chi connectivity index (χ1n) is 9.21. The molecule has 1 saturated heterocycles. The average Bonchev–Trinajstić information content (AvgIpc) is 3.37. The van der Waals surface area contributed by atoms with Crippen LogP contribution in [0, 0.1) is 0 Å². The monoisotopic (exact) mass is 346 g/mol. The molecule has 0 N–H and O–H groups in total. The molecule has 0 bridgehead atoms. The van der Waals surface area contributed by atoms with E-state index < -0.39 is 5.60 Å². The van der Waals surface area contributed by atoms with Gasteiger partial charge in [0.1, 0.15) is 11.4 Å². The Kier molecular flexibility index (Phi) is 4.85. The van der Waals surface area contributed by atoms with Crippen LogP contribution in [0.2, 0.25) is 0 Å². The predicted octanol–water partition coefficient (Wildman–Crippen LogP) is 4.02. The molecule has 0 aromatic heterocycles. The van der Waals surface area contributed by atoms with Gasteiger partial charge in [0.15, 0.2) is 0 Å². The SMILES string of the molecule is COc1cc(N2CCN(C(=O)OC(C)(C)C)C(C)C2)ccc1C1CC1. The van der Waals surface area contributed by atoms with Gasteiger partial charge in [-0.2, -0.15) is 0 Å². The van der Waals surface area contributed by atoms with Crippen LogP contribution >= 0.6 is 0 Å². The summed E-state index contributed by atoms with van der Waals surface area (Å²) in [5.41, 5.74) is 2.03. The lowest BCUT2D eigenvalue weighted by Crippen LogP contribution is -2.55. The number of hydrogen-bond acceptors (Lipinski definition) is 4. The van der Waals surface area contributed by atoms with E-state index in [-0.39, 0.29) is 12.1 Å². The van der Waals surface area contributed by atoms with Gasteiger partial charge in [-0.1, -0.05) is 6.07 Å². The summed E-state index contributed by atoms with van der Waals surface area (Å²) in [6.45, 7) is 10.0. The third-order valence-corrected chi connectivity index (χ3v) is 4.85. The van der Waals surface area contributed by atoms with Gasteiger partial charge >= 0.3 is 6.09 Å². The molecule has 3 rings (SSSR count). The largest absolute Gasteiger partial charge is 0.496 e. The Balaban J connectivity index is 1.67. The van der Waals surface area contributed by atoms with Gasteiger partial charge < -0.3 is 19.3 Å². The van der Waals surface area contributed by atoms with Crippen LogP contribution in [0.4, 0.5) is 10.5 Å². The molecule has 5 heteroatoms. The molecule has 138 valence electrons. The maximum absolute atomic E-state index is 12.4. The number of methoxy groups -OCH3 is 1. The quantitative estimate of drug-likeness (QED) is 0.829. The van der Waals surface area contributed by atoms with Crippen molar-refractivity contribution in [2.75, 3.05) is 31.6 Å². The number of amides is 1. The number of anilines is 1. The second-order valence-corrected chi connectivity index (χ2v) is 8.17. The van der Waals surface area contributed by atoms with E-state index in [1.54, 1.807) is 7.11 Å². The zero-order valence-electron chi connectivity index (χ0n) is 16.0. The number of carbonyl (C=O) groups excluding carboxylic acids is 1. The molecule has 1 aromatic rings. The fourth-order valence-corrected chi connectivity index (χ4v) is 3.41. The molecule has 1 heterocycles. The van der Waals surface area contributed by atoms with Crippen LogP contribution < -0.4 is 9.64 Å². The zero-order chi connectivity index (χ0) is 18.2. The Hall–Kier alpha value is -1.91. The number of nitrogens with zero attached hydrogens (tertiary/aromatic N) is 2. The van der Waals surface area contributed by atoms with Crippen molar-refractivity contribution in [3.8, 4) is 5.75 Å². The topological polar surface area (TPSA) is 42.0 Å². The maximum Gasteiger partial charge on any atom is 0.410 e. The number of rotatable bonds is 3. The Morgan fingerprint density at radius 2 is 1.92 bits per heavy atom. The summed E-state index contributed by atoms with van der Waals surface area (Å²) in [7, 11) is 1.74. The van der Waals surface area contributed by atoms with E-state index in [0.717, 1.165) is 24.5 Å². The minimum Gasteiger partial charge on any atom is -0.496 e. The molecule has 2 fully saturated rings. The van der Waals surface area contributed by atoms with Crippen LogP contribution in [-0.2, 0) is 4.74 Å². The van der Waals surface area contributed by atoms with Crippen molar-refractivity contribution in [3.63, 3.8) is 0 Å². The van der Waals surface area contributed by atoms with Crippen molar-refractivity contribution in [1.82, 2.24) is 4.90 Å². The van der Waals surface area contributed by atoms with Crippen molar-refractivity contribution < 1.29 is 14.3 Å². The number of carbonyl (C=O) groups is 1. The second-order valence-electron chi connectivity index (χ2n) is 8.17. The summed E-state index contributed by atoms with van der Waals surface area (Å²) in [5, 5.41) is 0. The summed E-state index contributed by atoms with van der Waals surface area (Å²) in [6, 6.07) is 6.64. The first-order valence-corrected chi connectivity index (χ1v) is 9.21. The first-order chi connectivity index (χ1) is 11.8. The molecular weight excluding hydrogens is 316 g/mol. The van der Waals surface area contributed by atoms with Gasteiger partial charge in [-0.05, 0) is 58.1 Å². The predicted molar refractivity (Wildman–Crippen MR) is 99.6 cm³/mol. The maximum atomic E-state index is 12.4. The van der Waals surface area contributed by atoms with Crippen LogP contribution in [0.3, 0.4) is 0 Å². The molecule has 1 saturated carbocycles. The summed E-state index contributed by atoms with van der Waals surface area (Å²) >= 11 is 0. The van der Waals surface area contributed by atoms with E-state index in [1.807, 2.05) is 25.7 Å². The van der Waals surface area contributed by atoms with Crippen LogP contribution in [0.25, 0.3) is 0 Å². The molecule has 1 atom stereocenters. The Labute approximate surface area is 150 Å². The summed E-state index contributed by atoms with van der Waals surface area (Å²) in [6.07, 6.45) is 2.31. The number of benzene rings is 1. The number of piperazine rings is 1. The highest BCUT2D eigenvalue weighted by molar-refractivity contribution is 5.69. The lowest BCUT2D eigenvalue weighted by molar-refractivity contribution is 0.0159. The van der Waals surface area contributed by atoms with E-state index in [9.17, 15) is 4.79 Å². The Bertz CT molecular complexity index is 634. The van der Waals surface area contributed by atoms with Crippen molar-refractivity contribution in [2.45, 2.75) is 58.1 Å². The molecular formula is C20H30N2O3. The standard InChI is InChI=1S/C20H30N2O3/c1-14-13-21(10-11-22(14)19(23)25-20(2,3)4)16-8-9-17(15-6-7-15)18(12-16)24-5/h8-9,12,14-15H,6-7,10-11,13H2,1-5H3. The van der Waals surface area contributed by atoms with E-state index in [0.29, 0.717) is 12.5 Å². The number of ether oxygens (including phenoxy) is 2. The van der Waals surface area contributed by atoms with Crippen LogP contribution in [0.1, 0.15) is 52.0 Å². The summed E-state index contributed by atoms with van der Waals surface area (Å²) in [4.78, 5) is 16.5. The fraction of sp³-hybridized carbons (Fsp3) is 0.650. The third-order valence-electron chi connectivity index (χ3n) is 4.85. The molecule has 5 nitrogen and oxygen atoms in total. The van der Waals surface area contributed by atoms with Gasteiger partial charge in [0.2, 0.25) is 0 Å². The highest BCUT2D eigenvalue weighted by atomic mass is 16.6. The smallest absolute Gasteiger partial charge is 0.410 e. The van der Waals surface area contributed by atoms with Crippen LogP contribution in [-0.4, -0.2) is 49.4 Å². The van der Waals surface area contributed by atoms with Crippen LogP contribution in [0.5, 0.6) is 5.75 Å². The van der Waals surface area contributed by atoms with Crippen molar-refractivity contribution in [3.05, 3.63) is 23.8 Å². The zero-order valence-corrected chi connectivity index (χ0v) is 16.0. The molecule has 1 aromatic carbocycles. The minimum absolute atomic E-state index is 0.109. The normalized spacial score (nSPS) is 21.2. The lowest BCUT2D eigenvalue weighted by atomic mass is 10.1. The van der Waals surface area contributed by atoms with E-state index in [4.69, 9.17) is 9.47 Å². The van der Waals surface area contributed by atoms with Gasteiger partial charge in [0, 0.05) is 37.4 Å². The molecule has 0 spiro atoms. The average molecular weight is 346 g/mol. The molecule has 25 heavy (non-hydrogen) atoms. The molecule has 0 radical (unpaired) electrons. The molecule has 1 unspecified atom stereocenters. The van der Waals surface area contributed by atoms with Gasteiger partial charge in [-0.15, -0.1) is 0 Å². The van der Waals surface area contributed by atoms with Gasteiger partial charge in [-0.3, -0.25) is 0 Å². The first kappa shape index (κ1) is 17.9. The van der Waals surface area contributed by atoms with Gasteiger partial charge in [-0.25, -0.2) is 4.79 Å².